The Balaban J connectivity index is 1.80. The maximum absolute atomic E-state index is 11.2. The predicted molar refractivity (Wildman–Crippen MR) is 122 cm³/mol. The van der Waals surface area contributed by atoms with Crippen LogP contribution < -0.4 is 9.64 Å². The lowest BCUT2D eigenvalue weighted by molar-refractivity contribution is 0.0697. The fourth-order valence-corrected chi connectivity index (χ4v) is 4.17. The van der Waals surface area contributed by atoms with Gasteiger partial charge in [0.2, 0.25) is 0 Å². The summed E-state index contributed by atoms with van der Waals surface area (Å²) in [6, 6.07) is 26.1. The minimum absolute atomic E-state index is 0.301. The van der Waals surface area contributed by atoms with Crippen LogP contribution in [0.1, 0.15) is 16.8 Å². The highest BCUT2D eigenvalue weighted by atomic mass is 28.3. The third-order valence-corrected chi connectivity index (χ3v) is 6.28. The molecule has 0 heterocycles. The number of nitrogens with zero attached hydrogens (tertiary/aromatic N) is 1. The van der Waals surface area contributed by atoms with E-state index in [2.05, 4.69) is 30.1 Å². The molecule has 4 nitrogen and oxygen atoms in total. The van der Waals surface area contributed by atoms with E-state index in [-0.39, 0.29) is 0 Å². The Morgan fingerprint density at radius 1 is 0.862 bits per heavy atom. The van der Waals surface area contributed by atoms with Crippen LogP contribution in [0, 0.1) is 0 Å². The highest BCUT2D eigenvalue weighted by Crippen LogP contribution is 2.29. The van der Waals surface area contributed by atoms with Gasteiger partial charge in [-0.25, -0.2) is 4.79 Å². The molecule has 0 saturated heterocycles. The molecular formula is C24H27NO3Si. The standard InChI is InChI=1S/C24H27NO3Si/c1-29(2)18-6-17-25(20-11-9-19(10-12-20)24(26)27)21-13-15-23(16-14-21)28-22-7-4-3-5-8-22/h3-5,7-16,29H,6,17-18H2,1-2H3,(H,26,27). The van der Waals surface area contributed by atoms with Gasteiger partial charge in [0, 0.05) is 26.7 Å². The number of ether oxygens (including phenoxy) is 1. The zero-order chi connectivity index (χ0) is 20.6. The van der Waals surface area contributed by atoms with Gasteiger partial charge >= 0.3 is 5.97 Å². The summed E-state index contributed by atoms with van der Waals surface area (Å²) in [5.41, 5.74) is 2.37. The molecule has 0 atom stereocenters. The first kappa shape index (κ1) is 20.7. The Kier molecular flexibility index (Phi) is 7.08. The maximum Gasteiger partial charge on any atom is 0.335 e. The normalized spacial score (nSPS) is 10.7. The minimum atomic E-state index is -0.906. The predicted octanol–water partition coefficient (Wildman–Crippen LogP) is 6.19. The van der Waals surface area contributed by atoms with Gasteiger partial charge in [0.15, 0.2) is 0 Å². The molecule has 3 rings (SSSR count). The zero-order valence-electron chi connectivity index (χ0n) is 16.9. The molecule has 0 radical (unpaired) electrons. The Bertz CT molecular complexity index is 909. The summed E-state index contributed by atoms with van der Waals surface area (Å²) in [6.07, 6.45) is 1.12. The molecule has 1 N–H and O–H groups in total. The largest absolute Gasteiger partial charge is 0.478 e. The molecule has 0 fully saturated rings. The molecule has 0 spiro atoms. The molecule has 0 aliphatic heterocycles. The van der Waals surface area contributed by atoms with E-state index in [1.807, 2.05) is 54.6 Å². The topological polar surface area (TPSA) is 49.8 Å². The Labute approximate surface area is 174 Å². The van der Waals surface area contributed by atoms with Crippen molar-refractivity contribution in [2.24, 2.45) is 0 Å². The van der Waals surface area contributed by atoms with Crippen LogP contribution in [0.4, 0.5) is 11.4 Å². The first-order chi connectivity index (χ1) is 14.0. The molecule has 3 aromatic rings. The van der Waals surface area contributed by atoms with Gasteiger partial charge in [-0.05, 0) is 67.1 Å². The number of rotatable bonds is 9. The van der Waals surface area contributed by atoms with Crippen LogP contribution in [0.2, 0.25) is 19.1 Å². The second-order valence-electron chi connectivity index (χ2n) is 7.45. The van der Waals surface area contributed by atoms with Crippen molar-refractivity contribution in [1.82, 2.24) is 0 Å². The number of hydrogen-bond acceptors (Lipinski definition) is 3. The van der Waals surface area contributed by atoms with E-state index in [1.54, 1.807) is 12.1 Å². The Hall–Kier alpha value is -3.05. The van der Waals surface area contributed by atoms with Crippen LogP contribution in [0.5, 0.6) is 11.5 Å². The van der Waals surface area contributed by atoms with Crippen molar-refractivity contribution < 1.29 is 14.6 Å². The van der Waals surface area contributed by atoms with Crippen molar-refractivity contribution in [3.05, 3.63) is 84.4 Å². The average Bonchev–Trinajstić information content (AvgIpc) is 2.73. The summed E-state index contributed by atoms with van der Waals surface area (Å²) in [6.45, 7) is 5.62. The van der Waals surface area contributed by atoms with Gasteiger partial charge in [-0.2, -0.15) is 0 Å². The van der Waals surface area contributed by atoms with Crippen LogP contribution in [-0.2, 0) is 0 Å². The summed E-state index contributed by atoms with van der Waals surface area (Å²) >= 11 is 0. The summed E-state index contributed by atoms with van der Waals surface area (Å²) in [5.74, 6) is 0.690. The molecule has 0 aliphatic carbocycles. The van der Waals surface area contributed by atoms with Crippen molar-refractivity contribution in [2.45, 2.75) is 25.6 Å². The minimum Gasteiger partial charge on any atom is -0.478 e. The van der Waals surface area contributed by atoms with E-state index < -0.39 is 14.8 Å². The Morgan fingerprint density at radius 2 is 1.41 bits per heavy atom. The molecule has 3 aromatic carbocycles. The number of hydrogen-bond donors (Lipinski definition) is 1. The van der Waals surface area contributed by atoms with Crippen LogP contribution in [0.15, 0.2) is 78.9 Å². The molecular weight excluding hydrogens is 378 g/mol. The van der Waals surface area contributed by atoms with Crippen molar-refractivity contribution >= 4 is 26.1 Å². The van der Waals surface area contributed by atoms with E-state index in [0.717, 1.165) is 35.8 Å². The van der Waals surface area contributed by atoms with Crippen LogP contribution >= 0.6 is 0 Å². The van der Waals surface area contributed by atoms with Gasteiger partial charge < -0.3 is 14.7 Å². The van der Waals surface area contributed by atoms with E-state index in [0.29, 0.717) is 5.56 Å². The van der Waals surface area contributed by atoms with Gasteiger partial charge in [-0.1, -0.05) is 37.3 Å². The van der Waals surface area contributed by atoms with Crippen molar-refractivity contribution in [2.75, 3.05) is 11.4 Å². The van der Waals surface area contributed by atoms with E-state index in [9.17, 15) is 4.79 Å². The summed E-state index contributed by atoms with van der Waals surface area (Å²) < 4.78 is 5.90. The number of anilines is 2. The molecule has 0 amide bonds. The number of aromatic carboxylic acids is 1. The SMILES string of the molecule is C[SiH](C)CCCN(c1ccc(Oc2ccccc2)cc1)c1ccc(C(=O)O)cc1. The summed E-state index contributed by atoms with van der Waals surface area (Å²) in [5, 5.41) is 9.16. The maximum atomic E-state index is 11.2. The lowest BCUT2D eigenvalue weighted by atomic mass is 10.1. The first-order valence-corrected chi connectivity index (χ1v) is 13.1. The second kappa shape index (κ2) is 9.93. The average molecular weight is 406 g/mol. The number of carboxylic acids is 1. The van der Waals surface area contributed by atoms with Crippen LogP contribution in [-0.4, -0.2) is 26.4 Å². The van der Waals surface area contributed by atoms with Crippen molar-refractivity contribution in [3.63, 3.8) is 0 Å². The van der Waals surface area contributed by atoms with E-state index >= 15 is 0 Å². The monoisotopic (exact) mass is 405 g/mol. The Morgan fingerprint density at radius 3 is 1.97 bits per heavy atom. The van der Waals surface area contributed by atoms with Crippen LogP contribution in [0.3, 0.4) is 0 Å². The van der Waals surface area contributed by atoms with Gasteiger partial charge in [0.25, 0.3) is 0 Å². The third-order valence-electron chi connectivity index (χ3n) is 4.72. The highest BCUT2D eigenvalue weighted by Gasteiger charge is 2.12. The van der Waals surface area contributed by atoms with Crippen molar-refractivity contribution in [1.29, 1.82) is 0 Å². The summed E-state index contributed by atoms with van der Waals surface area (Å²) in [7, 11) is -0.611. The zero-order valence-corrected chi connectivity index (χ0v) is 18.1. The third kappa shape index (κ3) is 5.96. The molecule has 150 valence electrons. The van der Waals surface area contributed by atoms with Crippen LogP contribution in [0.25, 0.3) is 0 Å². The molecule has 0 unspecified atom stereocenters. The van der Waals surface area contributed by atoms with E-state index in [4.69, 9.17) is 9.84 Å². The number of para-hydroxylation sites is 1. The first-order valence-electron chi connectivity index (χ1n) is 9.97. The fraction of sp³-hybridized carbons (Fsp3) is 0.208. The molecule has 0 saturated carbocycles. The molecule has 0 aromatic heterocycles. The van der Waals surface area contributed by atoms with Gasteiger partial charge in [-0.15, -0.1) is 0 Å². The lowest BCUT2D eigenvalue weighted by Crippen LogP contribution is -2.19. The van der Waals surface area contributed by atoms with Gasteiger partial charge in [0.05, 0.1) is 5.56 Å². The lowest BCUT2D eigenvalue weighted by Gasteiger charge is -2.26. The van der Waals surface area contributed by atoms with Gasteiger partial charge in [0.1, 0.15) is 11.5 Å². The van der Waals surface area contributed by atoms with Gasteiger partial charge in [-0.3, -0.25) is 0 Å². The second-order valence-corrected chi connectivity index (χ2v) is 10.8. The number of benzene rings is 3. The highest BCUT2D eigenvalue weighted by molar-refractivity contribution is 6.55. The smallest absolute Gasteiger partial charge is 0.335 e. The molecule has 5 heteroatoms. The van der Waals surface area contributed by atoms with Crippen molar-refractivity contribution in [3.8, 4) is 11.5 Å². The fourth-order valence-electron chi connectivity index (χ4n) is 3.17. The molecule has 29 heavy (non-hydrogen) atoms. The number of carboxylic acid groups (broad SMARTS) is 1. The molecule has 0 aliphatic rings. The summed E-state index contributed by atoms with van der Waals surface area (Å²) in [4.78, 5) is 13.4. The van der Waals surface area contributed by atoms with E-state index in [1.165, 1.54) is 6.04 Å². The quantitative estimate of drug-likeness (QED) is 0.431. The number of carbonyl (C=O) groups is 1. The molecule has 0 bridgehead atoms.